The van der Waals surface area contributed by atoms with Gasteiger partial charge in [0.1, 0.15) is 0 Å². The van der Waals surface area contributed by atoms with Crippen molar-refractivity contribution < 1.29 is 0 Å². The maximum Gasteiger partial charge on any atom is 0.0607 e. The molecule has 1 fully saturated rings. The van der Waals surface area contributed by atoms with E-state index in [4.69, 9.17) is 4.98 Å². The molecule has 1 aliphatic carbocycles. The van der Waals surface area contributed by atoms with Gasteiger partial charge in [-0.2, -0.15) is 0 Å². The van der Waals surface area contributed by atoms with Crippen LogP contribution in [0.25, 0.3) is 0 Å². The third kappa shape index (κ3) is 5.85. The third-order valence-electron chi connectivity index (χ3n) is 6.99. The summed E-state index contributed by atoms with van der Waals surface area (Å²) in [6.45, 7) is 4.86. The molecule has 3 aromatic rings. The summed E-state index contributed by atoms with van der Waals surface area (Å²) in [5.74, 6) is 0. The monoisotopic (exact) mass is 441 g/mol. The van der Waals surface area contributed by atoms with Crippen molar-refractivity contribution >= 4 is 0 Å². The second-order valence-corrected chi connectivity index (χ2v) is 9.42. The van der Waals surface area contributed by atoms with Crippen LogP contribution in [-0.4, -0.2) is 34.0 Å². The molecule has 0 radical (unpaired) electrons. The Kier molecular flexibility index (Phi) is 7.41. The van der Waals surface area contributed by atoms with Crippen LogP contribution >= 0.6 is 0 Å². The first-order chi connectivity index (χ1) is 16.3. The summed E-state index contributed by atoms with van der Waals surface area (Å²) in [7, 11) is 0. The maximum atomic E-state index is 4.84. The van der Waals surface area contributed by atoms with Gasteiger partial charge in [0.15, 0.2) is 0 Å². The summed E-state index contributed by atoms with van der Waals surface area (Å²) in [5, 5.41) is 7.21. The first-order valence-corrected chi connectivity index (χ1v) is 12.4. The average molecular weight is 442 g/mol. The fourth-order valence-electron chi connectivity index (χ4n) is 5.27. The van der Waals surface area contributed by atoms with Crippen LogP contribution in [0.5, 0.6) is 0 Å². The maximum absolute atomic E-state index is 4.84. The quantitative estimate of drug-likeness (QED) is 0.516. The Morgan fingerprint density at radius 3 is 2.58 bits per heavy atom. The highest BCUT2D eigenvalue weighted by atomic mass is 15.2. The van der Waals surface area contributed by atoms with E-state index >= 15 is 0 Å². The van der Waals surface area contributed by atoms with Crippen LogP contribution in [-0.2, 0) is 26.1 Å². The number of pyridine rings is 2. The lowest BCUT2D eigenvalue weighted by Gasteiger charge is -2.36. The fourth-order valence-corrected chi connectivity index (χ4v) is 5.27. The SMILES string of the molecule is c1ccc(CNCc2ccc(CN(C[C@H]3CCCN3)C3CCCc4cccnc43)cc2)nc1. The molecular weight excluding hydrogens is 406 g/mol. The van der Waals surface area contributed by atoms with Crippen molar-refractivity contribution in [3.05, 3.63) is 95.1 Å². The average Bonchev–Trinajstić information content (AvgIpc) is 3.38. The molecule has 33 heavy (non-hydrogen) atoms. The number of nitrogens with one attached hydrogen (secondary N) is 2. The molecule has 3 heterocycles. The summed E-state index contributed by atoms with van der Waals surface area (Å²) >= 11 is 0. The number of nitrogens with zero attached hydrogens (tertiary/aromatic N) is 3. The first kappa shape index (κ1) is 22.2. The van der Waals surface area contributed by atoms with E-state index in [2.05, 4.69) is 63.0 Å². The largest absolute Gasteiger partial charge is 0.313 e. The molecule has 5 nitrogen and oxygen atoms in total. The van der Waals surface area contributed by atoms with E-state index in [1.807, 2.05) is 24.5 Å². The molecule has 2 aliphatic rings. The molecule has 0 spiro atoms. The molecular formula is C28H35N5. The van der Waals surface area contributed by atoms with E-state index in [9.17, 15) is 0 Å². The minimum absolute atomic E-state index is 0.414. The van der Waals surface area contributed by atoms with Crippen LogP contribution in [0.1, 0.15) is 59.8 Å². The number of hydrogen-bond acceptors (Lipinski definition) is 5. The number of fused-ring (bicyclic) bond motifs is 1. The van der Waals surface area contributed by atoms with Crippen LogP contribution in [0.2, 0.25) is 0 Å². The summed E-state index contributed by atoms with van der Waals surface area (Å²) in [6, 6.07) is 20.5. The predicted molar refractivity (Wildman–Crippen MR) is 133 cm³/mol. The Morgan fingerprint density at radius 1 is 0.879 bits per heavy atom. The molecule has 1 unspecified atom stereocenters. The van der Waals surface area contributed by atoms with E-state index < -0.39 is 0 Å². The highest BCUT2D eigenvalue weighted by Crippen LogP contribution is 2.34. The summed E-state index contributed by atoms with van der Waals surface area (Å²) < 4.78 is 0. The van der Waals surface area contributed by atoms with Gasteiger partial charge in [0, 0.05) is 44.6 Å². The lowest BCUT2D eigenvalue weighted by molar-refractivity contribution is 0.151. The van der Waals surface area contributed by atoms with Gasteiger partial charge in [-0.05, 0) is 73.5 Å². The van der Waals surface area contributed by atoms with Crippen LogP contribution in [0.4, 0.5) is 0 Å². The summed E-state index contributed by atoms with van der Waals surface area (Å²) in [4.78, 5) is 11.9. The van der Waals surface area contributed by atoms with Crippen molar-refractivity contribution in [1.29, 1.82) is 0 Å². The smallest absolute Gasteiger partial charge is 0.0607 e. The minimum Gasteiger partial charge on any atom is -0.313 e. The Hall–Kier alpha value is -2.60. The second kappa shape index (κ2) is 11.0. The zero-order valence-electron chi connectivity index (χ0n) is 19.4. The zero-order chi connectivity index (χ0) is 22.3. The normalized spacial score (nSPS) is 20.2. The fraction of sp³-hybridized carbons (Fsp3) is 0.429. The van der Waals surface area contributed by atoms with Gasteiger partial charge in [-0.1, -0.05) is 36.4 Å². The van der Waals surface area contributed by atoms with Gasteiger partial charge in [-0.15, -0.1) is 0 Å². The van der Waals surface area contributed by atoms with E-state index in [1.54, 1.807) is 0 Å². The van der Waals surface area contributed by atoms with Crippen molar-refractivity contribution in [1.82, 2.24) is 25.5 Å². The van der Waals surface area contributed by atoms with Gasteiger partial charge in [0.05, 0.1) is 17.4 Å². The molecule has 2 aromatic heterocycles. The highest BCUT2D eigenvalue weighted by Gasteiger charge is 2.29. The van der Waals surface area contributed by atoms with Crippen LogP contribution in [0.15, 0.2) is 67.0 Å². The molecule has 2 N–H and O–H groups in total. The predicted octanol–water partition coefficient (Wildman–Crippen LogP) is 4.40. The van der Waals surface area contributed by atoms with E-state index in [0.29, 0.717) is 12.1 Å². The molecule has 2 atom stereocenters. The Morgan fingerprint density at radius 2 is 1.76 bits per heavy atom. The van der Waals surface area contributed by atoms with Crippen molar-refractivity contribution in [2.75, 3.05) is 13.1 Å². The number of hydrogen-bond donors (Lipinski definition) is 2. The molecule has 0 bridgehead atoms. The highest BCUT2D eigenvalue weighted by molar-refractivity contribution is 5.27. The van der Waals surface area contributed by atoms with Gasteiger partial charge in [0.25, 0.3) is 0 Å². The lowest BCUT2D eigenvalue weighted by Crippen LogP contribution is -2.40. The lowest BCUT2D eigenvalue weighted by atomic mass is 9.90. The van der Waals surface area contributed by atoms with Gasteiger partial charge < -0.3 is 10.6 Å². The van der Waals surface area contributed by atoms with Crippen molar-refractivity contribution in [3.8, 4) is 0 Å². The molecule has 1 aliphatic heterocycles. The molecule has 5 heteroatoms. The van der Waals surface area contributed by atoms with Crippen LogP contribution < -0.4 is 10.6 Å². The zero-order valence-corrected chi connectivity index (χ0v) is 19.4. The topological polar surface area (TPSA) is 53.1 Å². The molecule has 0 amide bonds. The molecule has 1 saturated heterocycles. The summed E-state index contributed by atoms with van der Waals surface area (Å²) in [5.41, 5.74) is 6.50. The standard InChI is InChI=1S/C28H35N5/c1-2-15-30-25(8-1)19-29-18-22-11-13-23(14-12-22)20-33(21-26-9-5-16-31-26)27-10-3-6-24-7-4-17-32-28(24)27/h1-2,4,7-8,11-15,17,26-27,29,31H,3,5-6,9-10,16,18-21H2/t26-,27?/m1/s1. The molecule has 0 saturated carbocycles. The summed E-state index contributed by atoms with van der Waals surface area (Å²) in [6.07, 6.45) is 9.99. The number of benzene rings is 1. The van der Waals surface area contributed by atoms with Gasteiger partial charge in [0.2, 0.25) is 0 Å². The third-order valence-corrected chi connectivity index (χ3v) is 6.99. The van der Waals surface area contributed by atoms with Gasteiger partial charge >= 0.3 is 0 Å². The van der Waals surface area contributed by atoms with Crippen molar-refractivity contribution in [3.63, 3.8) is 0 Å². The van der Waals surface area contributed by atoms with Crippen LogP contribution in [0.3, 0.4) is 0 Å². The van der Waals surface area contributed by atoms with Crippen molar-refractivity contribution in [2.45, 2.75) is 63.8 Å². The minimum atomic E-state index is 0.414. The van der Waals surface area contributed by atoms with Gasteiger partial charge in [-0.25, -0.2) is 0 Å². The van der Waals surface area contributed by atoms with E-state index in [1.165, 1.54) is 48.1 Å². The molecule has 172 valence electrons. The van der Waals surface area contributed by atoms with E-state index in [0.717, 1.165) is 44.8 Å². The molecule has 1 aromatic carbocycles. The van der Waals surface area contributed by atoms with Gasteiger partial charge in [-0.3, -0.25) is 14.9 Å². The Balaban J connectivity index is 1.25. The number of aromatic nitrogens is 2. The Bertz CT molecular complexity index is 998. The number of rotatable bonds is 9. The van der Waals surface area contributed by atoms with Crippen LogP contribution in [0, 0.1) is 0 Å². The second-order valence-electron chi connectivity index (χ2n) is 9.42. The Labute approximate surface area is 197 Å². The van der Waals surface area contributed by atoms with Crippen molar-refractivity contribution in [2.24, 2.45) is 0 Å². The number of aryl methyl sites for hydroxylation is 1. The first-order valence-electron chi connectivity index (χ1n) is 12.4. The van der Waals surface area contributed by atoms with E-state index in [-0.39, 0.29) is 0 Å². The molecule has 5 rings (SSSR count).